The predicted molar refractivity (Wildman–Crippen MR) is 49.9 cm³/mol. The average molecular weight is 176 g/mol. The largest absolute Gasteiger partial charge is 0.395 e. The fourth-order valence-electron chi connectivity index (χ4n) is 0.949. The predicted octanol–water partition coefficient (Wildman–Crippen LogP) is 2.54. The first-order chi connectivity index (χ1) is 5.02. The maximum Gasteiger partial charge on any atom is 0.331 e. The normalized spacial score (nSPS) is 15.0. The molecule has 0 amide bonds. The van der Waals surface area contributed by atoms with Gasteiger partial charge in [0.15, 0.2) is 0 Å². The van der Waals surface area contributed by atoms with Crippen LogP contribution >= 0.6 is 0 Å². The summed E-state index contributed by atoms with van der Waals surface area (Å²) in [4.78, 5) is 0. The highest BCUT2D eigenvalue weighted by Gasteiger charge is 2.25. The minimum Gasteiger partial charge on any atom is -0.395 e. The van der Waals surface area contributed by atoms with E-state index in [2.05, 4.69) is 26.9 Å². The van der Waals surface area contributed by atoms with Gasteiger partial charge in [-0.1, -0.05) is 6.92 Å². The minimum atomic E-state index is -1.79. The van der Waals surface area contributed by atoms with Gasteiger partial charge in [0, 0.05) is 12.7 Å². The third-order valence-electron chi connectivity index (χ3n) is 1.55. The van der Waals surface area contributed by atoms with Gasteiger partial charge in [0.25, 0.3) is 0 Å². The maximum atomic E-state index is 5.74. The summed E-state index contributed by atoms with van der Waals surface area (Å²) in [6, 6.07) is 0. The van der Waals surface area contributed by atoms with E-state index in [9.17, 15) is 0 Å². The number of hydrogen-bond acceptors (Lipinski definition) is 2. The summed E-state index contributed by atoms with van der Waals surface area (Å²) in [7, 11) is -1.79. The van der Waals surface area contributed by atoms with Crippen LogP contribution in [0.4, 0.5) is 0 Å². The van der Waals surface area contributed by atoms with Gasteiger partial charge >= 0.3 is 8.56 Å². The first-order valence-corrected chi connectivity index (χ1v) is 7.15. The molecular weight excluding hydrogens is 156 g/mol. The molecule has 0 fully saturated rings. The zero-order chi connectivity index (χ0) is 8.91. The molecule has 0 saturated carbocycles. The van der Waals surface area contributed by atoms with Crippen LogP contribution in [0.25, 0.3) is 0 Å². The second-order valence-electron chi connectivity index (χ2n) is 3.17. The molecule has 68 valence electrons. The van der Waals surface area contributed by atoms with Crippen molar-refractivity contribution < 1.29 is 8.85 Å². The summed E-state index contributed by atoms with van der Waals surface area (Å²) in [6.07, 6.45) is 1.40. The third kappa shape index (κ3) is 5.41. The zero-order valence-corrected chi connectivity index (χ0v) is 9.31. The van der Waals surface area contributed by atoms with Crippen molar-refractivity contribution in [3.63, 3.8) is 0 Å². The summed E-state index contributed by atoms with van der Waals surface area (Å²) in [5.74, 6) is 0. The van der Waals surface area contributed by atoms with Gasteiger partial charge in [-0.3, -0.25) is 0 Å². The Morgan fingerprint density at radius 1 is 1.27 bits per heavy atom. The van der Waals surface area contributed by atoms with Crippen molar-refractivity contribution >= 4 is 8.56 Å². The van der Waals surface area contributed by atoms with Crippen LogP contribution in [0, 0.1) is 0 Å². The lowest BCUT2D eigenvalue weighted by Gasteiger charge is -2.25. The third-order valence-corrected chi connectivity index (χ3v) is 3.51. The van der Waals surface area contributed by atoms with E-state index in [1.165, 1.54) is 0 Å². The van der Waals surface area contributed by atoms with Gasteiger partial charge in [0.1, 0.15) is 0 Å². The summed E-state index contributed by atoms with van der Waals surface area (Å²) in [6.45, 7) is 11.2. The molecule has 0 N–H and O–H groups in total. The van der Waals surface area contributed by atoms with Crippen molar-refractivity contribution in [3.05, 3.63) is 0 Å². The topological polar surface area (TPSA) is 18.5 Å². The van der Waals surface area contributed by atoms with E-state index >= 15 is 0 Å². The van der Waals surface area contributed by atoms with Crippen molar-refractivity contribution in [2.75, 3.05) is 6.61 Å². The molecule has 2 nitrogen and oxygen atoms in total. The Morgan fingerprint density at radius 3 is 2.18 bits per heavy atom. The summed E-state index contributed by atoms with van der Waals surface area (Å²) >= 11 is 0. The lowest BCUT2D eigenvalue weighted by atomic mass is 10.3. The van der Waals surface area contributed by atoms with E-state index in [1.54, 1.807) is 0 Å². The molecule has 0 radical (unpaired) electrons. The Morgan fingerprint density at radius 2 is 1.82 bits per heavy atom. The molecular formula is C8H20O2Si. The van der Waals surface area contributed by atoms with E-state index < -0.39 is 8.56 Å². The monoisotopic (exact) mass is 176 g/mol. The van der Waals surface area contributed by atoms with E-state index in [0.717, 1.165) is 13.0 Å². The average Bonchev–Trinajstić information content (AvgIpc) is 1.86. The standard InChI is InChI=1S/C8H20O2Si/c1-6-8(3)10-11(4,5)9-7-2/h8H,6-7H2,1-5H3/t8-/m0/s1. The molecule has 0 unspecified atom stereocenters. The molecule has 0 rings (SSSR count). The fourth-order valence-corrected chi connectivity index (χ4v) is 2.85. The molecule has 0 aliphatic heterocycles. The van der Waals surface area contributed by atoms with Gasteiger partial charge in [-0.2, -0.15) is 0 Å². The highest BCUT2D eigenvalue weighted by Crippen LogP contribution is 2.10. The van der Waals surface area contributed by atoms with Crippen LogP contribution in [0.1, 0.15) is 27.2 Å². The van der Waals surface area contributed by atoms with Crippen LogP contribution in [0.5, 0.6) is 0 Å². The molecule has 0 aromatic heterocycles. The van der Waals surface area contributed by atoms with E-state index in [4.69, 9.17) is 8.85 Å². The molecule has 0 saturated heterocycles. The fraction of sp³-hybridized carbons (Fsp3) is 1.00. The molecule has 0 aromatic carbocycles. The molecule has 0 aliphatic rings. The molecule has 11 heavy (non-hydrogen) atoms. The smallest absolute Gasteiger partial charge is 0.331 e. The zero-order valence-electron chi connectivity index (χ0n) is 8.31. The van der Waals surface area contributed by atoms with Crippen LogP contribution < -0.4 is 0 Å². The van der Waals surface area contributed by atoms with E-state index in [1.807, 2.05) is 6.92 Å². The second kappa shape index (κ2) is 4.90. The molecule has 1 atom stereocenters. The molecule has 0 aromatic rings. The Bertz CT molecular complexity index is 104. The first kappa shape index (κ1) is 11.1. The van der Waals surface area contributed by atoms with E-state index in [-0.39, 0.29) is 0 Å². The summed E-state index contributed by atoms with van der Waals surface area (Å²) in [5, 5.41) is 0. The Labute approximate surface area is 71.1 Å². The Kier molecular flexibility index (Phi) is 4.96. The van der Waals surface area contributed by atoms with Crippen molar-refractivity contribution in [2.45, 2.75) is 46.4 Å². The SMILES string of the molecule is CCO[Si](C)(C)O[C@@H](C)CC. The summed E-state index contributed by atoms with van der Waals surface area (Å²) < 4.78 is 11.3. The van der Waals surface area contributed by atoms with Crippen LogP contribution in [-0.4, -0.2) is 21.3 Å². The molecule has 0 spiro atoms. The lowest BCUT2D eigenvalue weighted by Crippen LogP contribution is -2.37. The van der Waals surface area contributed by atoms with Crippen molar-refractivity contribution in [3.8, 4) is 0 Å². The van der Waals surface area contributed by atoms with Crippen molar-refractivity contribution in [2.24, 2.45) is 0 Å². The van der Waals surface area contributed by atoms with Gasteiger partial charge in [0.2, 0.25) is 0 Å². The van der Waals surface area contributed by atoms with Crippen LogP contribution in [0.3, 0.4) is 0 Å². The number of hydrogen-bond donors (Lipinski definition) is 0. The molecule has 0 aliphatic carbocycles. The van der Waals surface area contributed by atoms with Gasteiger partial charge in [-0.05, 0) is 33.4 Å². The molecule has 0 heterocycles. The van der Waals surface area contributed by atoms with E-state index in [0.29, 0.717) is 6.10 Å². The van der Waals surface area contributed by atoms with Gasteiger partial charge < -0.3 is 8.85 Å². The number of rotatable bonds is 5. The minimum absolute atomic E-state index is 0.336. The van der Waals surface area contributed by atoms with Gasteiger partial charge in [-0.25, -0.2) is 0 Å². The van der Waals surface area contributed by atoms with Gasteiger partial charge in [-0.15, -0.1) is 0 Å². The second-order valence-corrected chi connectivity index (χ2v) is 6.49. The summed E-state index contributed by atoms with van der Waals surface area (Å²) in [5.41, 5.74) is 0. The van der Waals surface area contributed by atoms with Crippen LogP contribution in [0.2, 0.25) is 13.1 Å². The van der Waals surface area contributed by atoms with Gasteiger partial charge in [0.05, 0.1) is 0 Å². The Hall–Kier alpha value is 0.137. The van der Waals surface area contributed by atoms with Crippen LogP contribution in [-0.2, 0) is 8.85 Å². The van der Waals surface area contributed by atoms with Crippen molar-refractivity contribution in [1.82, 2.24) is 0 Å². The van der Waals surface area contributed by atoms with Crippen molar-refractivity contribution in [1.29, 1.82) is 0 Å². The molecule has 3 heteroatoms. The quantitative estimate of drug-likeness (QED) is 0.599. The highest BCUT2D eigenvalue weighted by molar-refractivity contribution is 6.64. The van der Waals surface area contributed by atoms with Crippen LogP contribution in [0.15, 0.2) is 0 Å². The highest BCUT2D eigenvalue weighted by atomic mass is 28.4. The molecule has 0 bridgehead atoms. The lowest BCUT2D eigenvalue weighted by molar-refractivity contribution is 0.133. The first-order valence-electron chi connectivity index (χ1n) is 4.33. The Balaban J connectivity index is 3.70. The maximum absolute atomic E-state index is 5.74.